The van der Waals surface area contributed by atoms with E-state index < -0.39 is 16.1 Å². The van der Waals surface area contributed by atoms with Crippen molar-refractivity contribution in [3.05, 3.63) is 47.5 Å². The molecule has 0 unspecified atom stereocenters. The van der Waals surface area contributed by atoms with Gasteiger partial charge in [0.15, 0.2) is 11.5 Å². The van der Waals surface area contributed by atoms with E-state index >= 15 is 0 Å². The van der Waals surface area contributed by atoms with Gasteiger partial charge in [-0.05, 0) is 56.3 Å². The summed E-state index contributed by atoms with van der Waals surface area (Å²) < 4.78 is 46.0. The van der Waals surface area contributed by atoms with Crippen molar-refractivity contribution < 1.29 is 27.7 Å². The lowest BCUT2D eigenvalue weighted by Crippen LogP contribution is -2.49. The third kappa shape index (κ3) is 6.21. The van der Waals surface area contributed by atoms with Crippen LogP contribution in [-0.4, -0.2) is 68.4 Å². The molecule has 0 saturated carbocycles. The zero-order chi connectivity index (χ0) is 26.6. The van der Waals surface area contributed by atoms with Crippen LogP contribution < -0.4 is 14.2 Å². The van der Waals surface area contributed by atoms with Gasteiger partial charge in [0.25, 0.3) is 0 Å². The molecule has 2 aromatic rings. The molecule has 2 heterocycles. The zero-order valence-electron chi connectivity index (χ0n) is 21.9. The third-order valence-corrected chi connectivity index (χ3v) is 8.68. The zero-order valence-corrected chi connectivity index (χ0v) is 22.8. The standard InChI is InChI=1S/C28H36N2O6S/c1-5-6-7-8-22-10-12-28-26(13-22)36-27(20(2)15-30(21(3)18-31)37(28,32)33)17-29(4)16-23-9-11-24-25(14-23)35-19-34-24/h9-14,20-21,27,31H,5-6,15-19H2,1-4H3/t20-,21+,27-/m0/s1. The second-order valence-electron chi connectivity index (χ2n) is 9.84. The van der Waals surface area contributed by atoms with Crippen LogP contribution in [-0.2, 0) is 16.6 Å². The lowest BCUT2D eigenvalue weighted by atomic mass is 10.0. The summed E-state index contributed by atoms with van der Waals surface area (Å²) in [6.07, 6.45) is 1.43. The molecular formula is C28H36N2O6S. The fourth-order valence-corrected chi connectivity index (χ4v) is 6.36. The Morgan fingerprint density at radius 3 is 2.70 bits per heavy atom. The highest BCUT2D eigenvalue weighted by atomic mass is 32.2. The number of unbranched alkanes of at least 4 members (excludes halogenated alkanes) is 1. The van der Waals surface area contributed by atoms with Crippen molar-refractivity contribution in [2.45, 2.75) is 57.2 Å². The molecule has 9 heteroatoms. The number of aliphatic hydroxyl groups excluding tert-OH is 1. The summed E-state index contributed by atoms with van der Waals surface area (Å²) in [6, 6.07) is 10.4. The molecule has 0 aliphatic carbocycles. The molecule has 0 saturated heterocycles. The Kier molecular flexibility index (Phi) is 8.65. The molecule has 0 spiro atoms. The maximum atomic E-state index is 13.6. The summed E-state index contributed by atoms with van der Waals surface area (Å²) in [5, 5.41) is 9.84. The van der Waals surface area contributed by atoms with Crippen LogP contribution in [0.1, 0.15) is 44.7 Å². The fourth-order valence-electron chi connectivity index (χ4n) is 4.53. The van der Waals surface area contributed by atoms with Crippen LogP contribution in [0, 0.1) is 17.8 Å². The van der Waals surface area contributed by atoms with Gasteiger partial charge >= 0.3 is 0 Å². The van der Waals surface area contributed by atoms with Crippen LogP contribution in [0.25, 0.3) is 0 Å². The summed E-state index contributed by atoms with van der Waals surface area (Å²) in [4.78, 5) is 2.25. The number of rotatable bonds is 7. The first-order valence-electron chi connectivity index (χ1n) is 12.7. The van der Waals surface area contributed by atoms with E-state index in [4.69, 9.17) is 14.2 Å². The lowest BCUT2D eigenvalue weighted by molar-refractivity contribution is 0.0733. The van der Waals surface area contributed by atoms with Crippen molar-refractivity contribution >= 4 is 10.0 Å². The molecule has 3 atom stereocenters. The van der Waals surface area contributed by atoms with Gasteiger partial charge in [-0.15, -0.1) is 0 Å². The van der Waals surface area contributed by atoms with Gasteiger partial charge in [0, 0.05) is 43.6 Å². The van der Waals surface area contributed by atoms with E-state index in [0.717, 1.165) is 29.9 Å². The third-order valence-electron chi connectivity index (χ3n) is 6.66. The summed E-state index contributed by atoms with van der Waals surface area (Å²) in [5.41, 5.74) is 1.79. The average Bonchev–Trinajstić information content (AvgIpc) is 3.34. The number of nitrogens with zero attached hydrogens (tertiary/aromatic N) is 2. The van der Waals surface area contributed by atoms with Crippen molar-refractivity contribution in [3.63, 3.8) is 0 Å². The van der Waals surface area contributed by atoms with Crippen molar-refractivity contribution in [2.24, 2.45) is 5.92 Å². The molecule has 0 bridgehead atoms. The number of likely N-dealkylation sites (N-methyl/N-ethyl adjacent to an activating group) is 1. The smallest absolute Gasteiger partial charge is 0.247 e. The Morgan fingerprint density at radius 1 is 1.16 bits per heavy atom. The predicted octanol–water partition coefficient (Wildman–Crippen LogP) is 3.47. The first-order chi connectivity index (χ1) is 17.7. The van der Waals surface area contributed by atoms with Crippen LogP contribution in [0.15, 0.2) is 41.3 Å². The van der Waals surface area contributed by atoms with Crippen LogP contribution >= 0.6 is 0 Å². The molecule has 0 radical (unpaired) electrons. The molecule has 200 valence electrons. The molecule has 2 aliphatic heterocycles. The van der Waals surface area contributed by atoms with E-state index in [-0.39, 0.29) is 36.9 Å². The maximum absolute atomic E-state index is 13.6. The van der Waals surface area contributed by atoms with E-state index in [1.165, 1.54) is 4.31 Å². The first-order valence-corrected chi connectivity index (χ1v) is 14.2. The Bertz CT molecular complexity index is 1270. The highest BCUT2D eigenvalue weighted by Gasteiger charge is 2.38. The normalized spacial score (nSPS) is 21.2. The minimum absolute atomic E-state index is 0.101. The molecule has 1 N–H and O–H groups in total. The summed E-state index contributed by atoms with van der Waals surface area (Å²) >= 11 is 0. The van der Waals surface area contributed by atoms with Gasteiger partial charge in [-0.1, -0.05) is 31.8 Å². The summed E-state index contributed by atoms with van der Waals surface area (Å²) in [5.74, 6) is 7.88. The monoisotopic (exact) mass is 528 g/mol. The number of ether oxygens (including phenoxy) is 3. The Morgan fingerprint density at radius 2 is 1.95 bits per heavy atom. The fraction of sp³-hybridized carbons (Fsp3) is 0.500. The van der Waals surface area contributed by atoms with Gasteiger partial charge in [-0.3, -0.25) is 4.90 Å². The number of benzene rings is 2. The van der Waals surface area contributed by atoms with Crippen molar-refractivity contribution in [3.8, 4) is 29.1 Å². The summed E-state index contributed by atoms with van der Waals surface area (Å²) in [7, 11) is -1.86. The van der Waals surface area contributed by atoms with Crippen LogP contribution in [0.5, 0.6) is 17.2 Å². The van der Waals surface area contributed by atoms with Gasteiger partial charge in [0.2, 0.25) is 16.8 Å². The minimum atomic E-state index is -3.87. The van der Waals surface area contributed by atoms with Crippen molar-refractivity contribution in [1.29, 1.82) is 0 Å². The lowest BCUT2D eigenvalue weighted by Gasteiger charge is -2.37. The van der Waals surface area contributed by atoms with E-state index in [1.54, 1.807) is 25.1 Å². The number of fused-ring (bicyclic) bond motifs is 2. The molecule has 2 aromatic carbocycles. The molecule has 4 rings (SSSR count). The minimum Gasteiger partial charge on any atom is -0.487 e. The molecule has 0 fully saturated rings. The van der Waals surface area contributed by atoms with Crippen molar-refractivity contribution in [1.82, 2.24) is 9.21 Å². The Labute approximate surface area is 220 Å². The Hall–Kier alpha value is -2.77. The molecule has 0 amide bonds. The van der Waals surface area contributed by atoms with Crippen LogP contribution in [0.2, 0.25) is 0 Å². The number of aliphatic hydroxyl groups is 1. The second-order valence-corrected chi connectivity index (χ2v) is 11.7. The SMILES string of the molecule is CCCC#Cc1ccc2c(c1)O[C@@H](CN(C)Cc1ccc3c(c1)OCO3)[C@@H](C)CN([C@H](C)CO)S2(=O)=O. The highest BCUT2D eigenvalue weighted by Crippen LogP contribution is 2.35. The quantitative estimate of drug-likeness (QED) is 0.551. The van der Waals surface area contributed by atoms with E-state index in [2.05, 4.69) is 23.7 Å². The number of sulfonamides is 1. The topological polar surface area (TPSA) is 88.5 Å². The van der Waals surface area contributed by atoms with Gasteiger partial charge in [-0.2, -0.15) is 4.31 Å². The van der Waals surface area contributed by atoms with Crippen LogP contribution in [0.4, 0.5) is 0 Å². The van der Waals surface area contributed by atoms with Crippen LogP contribution in [0.3, 0.4) is 0 Å². The summed E-state index contributed by atoms with van der Waals surface area (Å²) in [6.45, 7) is 7.21. The number of hydrogen-bond donors (Lipinski definition) is 1. The molecule has 37 heavy (non-hydrogen) atoms. The average molecular weight is 529 g/mol. The molecule has 2 aliphatic rings. The van der Waals surface area contributed by atoms with Gasteiger partial charge in [-0.25, -0.2) is 8.42 Å². The Balaban J connectivity index is 1.63. The largest absolute Gasteiger partial charge is 0.487 e. The first kappa shape index (κ1) is 27.3. The predicted molar refractivity (Wildman–Crippen MR) is 141 cm³/mol. The maximum Gasteiger partial charge on any atom is 0.247 e. The van der Waals surface area contributed by atoms with Gasteiger partial charge < -0.3 is 19.3 Å². The second kappa shape index (κ2) is 11.7. The molecular weight excluding hydrogens is 492 g/mol. The number of hydrogen-bond acceptors (Lipinski definition) is 7. The van der Waals surface area contributed by atoms with E-state index in [1.807, 2.05) is 32.2 Å². The molecule has 0 aromatic heterocycles. The van der Waals surface area contributed by atoms with E-state index in [0.29, 0.717) is 24.4 Å². The van der Waals surface area contributed by atoms with Crippen molar-refractivity contribution in [2.75, 3.05) is 33.5 Å². The van der Waals surface area contributed by atoms with Gasteiger partial charge in [0.05, 0.1) is 6.61 Å². The highest BCUT2D eigenvalue weighted by molar-refractivity contribution is 7.89. The molecule has 8 nitrogen and oxygen atoms in total. The van der Waals surface area contributed by atoms with Gasteiger partial charge in [0.1, 0.15) is 16.7 Å². The van der Waals surface area contributed by atoms with E-state index in [9.17, 15) is 13.5 Å².